The van der Waals surface area contributed by atoms with Crippen molar-refractivity contribution in [3.8, 4) is 18.1 Å². The number of benzene rings is 2. The maximum absolute atomic E-state index is 12.8. The van der Waals surface area contributed by atoms with E-state index in [2.05, 4.69) is 15.4 Å². The zero-order valence-electron chi connectivity index (χ0n) is 14.5. The third-order valence-corrected chi connectivity index (χ3v) is 4.50. The van der Waals surface area contributed by atoms with Crippen molar-refractivity contribution in [3.63, 3.8) is 0 Å². The van der Waals surface area contributed by atoms with Gasteiger partial charge in [0.05, 0.1) is 0 Å². The number of halogens is 1. The summed E-state index contributed by atoms with van der Waals surface area (Å²) in [5, 5.41) is 2.59. The molecule has 1 aliphatic rings. The van der Waals surface area contributed by atoms with Gasteiger partial charge in [0, 0.05) is 23.4 Å². The van der Waals surface area contributed by atoms with Gasteiger partial charge >= 0.3 is 10.5 Å². The fourth-order valence-electron chi connectivity index (χ4n) is 2.90. The number of nitrogens with one attached hydrogen (secondary N) is 1. The molecule has 2 aromatic rings. The Labute approximate surface area is 161 Å². The van der Waals surface area contributed by atoms with Gasteiger partial charge in [-0.3, -0.25) is 9.59 Å². The van der Waals surface area contributed by atoms with Gasteiger partial charge in [0.15, 0.2) is 0 Å². The number of terminal acetylenes is 1. The third kappa shape index (κ3) is 4.47. The van der Waals surface area contributed by atoms with Gasteiger partial charge in [0.1, 0.15) is 11.8 Å². The molecule has 1 N–H and O–H groups in total. The van der Waals surface area contributed by atoms with Crippen molar-refractivity contribution < 1.29 is 26.1 Å². The second-order valence-corrected chi connectivity index (χ2v) is 6.96. The normalized spacial score (nSPS) is 16.5. The molecule has 2 aromatic carbocycles. The number of para-hydroxylation sites is 1. The van der Waals surface area contributed by atoms with Gasteiger partial charge in [-0.15, -0.1) is 6.42 Å². The van der Waals surface area contributed by atoms with E-state index in [4.69, 9.17) is 6.42 Å². The van der Waals surface area contributed by atoms with E-state index in [9.17, 15) is 21.9 Å². The first-order valence-electron chi connectivity index (χ1n) is 8.20. The van der Waals surface area contributed by atoms with Crippen LogP contribution < -0.4 is 14.4 Å². The molecule has 0 spiro atoms. The molecule has 1 aliphatic heterocycles. The number of nitrogens with zero attached hydrogens (tertiary/aromatic N) is 1. The molecule has 1 unspecified atom stereocenters. The molecular weight excluding hydrogens is 387 g/mol. The Morgan fingerprint density at radius 3 is 2.61 bits per heavy atom. The second-order valence-electron chi connectivity index (χ2n) is 6.01. The van der Waals surface area contributed by atoms with Crippen LogP contribution in [-0.2, 0) is 15.3 Å². The van der Waals surface area contributed by atoms with Gasteiger partial charge < -0.3 is 14.4 Å². The van der Waals surface area contributed by atoms with E-state index < -0.39 is 28.2 Å². The van der Waals surface area contributed by atoms with Crippen molar-refractivity contribution in [2.24, 2.45) is 0 Å². The fraction of sp³-hybridized carbons (Fsp3) is 0.158. The summed E-state index contributed by atoms with van der Waals surface area (Å²) in [5.41, 5.74) is 0.789. The summed E-state index contributed by atoms with van der Waals surface area (Å²) >= 11 is 0. The first-order valence-corrected chi connectivity index (χ1v) is 9.51. The lowest BCUT2D eigenvalue weighted by molar-refractivity contribution is -0.118. The van der Waals surface area contributed by atoms with Crippen LogP contribution >= 0.6 is 0 Å². The summed E-state index contributed by atoms with van der Waals surface area (Å²) in [4.78, 5) is 26.7. The Morgan fingerprint density at radius 1 is 1.25 bits per heavy atom. The van der Waals surface area contributed by atoms with E-state index in [-0.39, 0.29) is 17.0 Å². The number of hydrogen-bond acceptors (Lipinski definition) is 5. The molecule has 0 bridgehead atoms. The zero-order valence-corrected chi connectivity index (χ0v) is 15.3. The molecule has 2 amide bonds. The van der Waals surface area contributed by atoms with Crippen LogP contribution in [0.4, 0.5) is 9.57 Å². The molecule has 0 saturated carbocycles. The molecule has 0 radical (unpaired) electrons. The summed E-state index contributed by atoms with van der Waals surface area (Å²) in [6.07, 6.45) is 5.68. The molecule has 0 aliphatic carbocycles. The minimum absolute atomic E-state index is 0.0555. The number of carbonyl (C=O) groups is 2. The highest BCUT2D eigenvalue weighted by Gasteiger charge is 2.33. The van der Waals surface area contributed by atoms with E-state index in [0.29, 0.717) is 13.0 Å². The lowest BCUT2D eigenvalue weighted by Crippen LogP contribution is -2.41. The predicted molar refractivity (Wildman–Crippen MR) is 99.7 cm³/mol. The number of anilines is 1. The molecule has 7 nitrogen and oxygen atoms in total. The molecule has 1 atom stereocenters. The number of hydrogen-bond donors (Lipinski definition) is 1. The summed E-state index contributed by atoms with van der Waals surface area (Å²) < 4.78 is 38.3. The van der Waals surface area contributed by atoms with Gasteiger partial charge in [-0.1, -0.05) is 28.0 Å². The molecule has 3 rings (SSSR count). The Kier molecular flexibility index (Phi) is 5.33. The van der Waals surface area contributed by atoms with Gasteiger partial charge in [0.2, 0.25) is 5.91 Å². The predicted octanol–water partition coefficient (Wildman–Crippen LogP) is 1.80. The SMILES string of the molecule is C#Cc1cc(OS(=O)(=O)F)cc(C(=O)NC2CCN(c3ccccc3)C2=O)c1. The van der Waals surface area contributed by atoms with Crippen LogP contribution in [0.3, 0.4) is 0 Å². The van der Waals surface area contributed by atoms with Gasteiger partial charge in [-0.25, -0.2) is 0 Å². The fourth-order valence-corrected chi connectivity index (χ4v) is 3.22. The Morgan fingerprint density at radius 2 is 1.96 bits per heavy atom. The molecular formula is C19H15FN2O5S. The smallest absolute Gasteiger partial charge is 0.358 e. The zero-order chi connectivity index (χ0) is 20.3. The highest BCUT2D eigenvalue weighted by molar-refractivity contribution is 7.81. The van der Waals surface area contributed by atoms with Crippen LogP contribution in [0.2, 0.25) is 0 Å². The Bertz CT molecular complexity index is 1060. The summed E-state index contributed by atoms with van der Waals surface area (Å²) in [7, 11) is -5.27. The lowest BCUT2D eigenvalue weighted by atomic mass is 10.1. The maximum Gasteiger partial charge on any atom is 0.488 e. The minimum Gasteiger partial charge on any atom is -0.358 e. The second kappa shape index (κ2) is 7.70. The topological polar surface area (TPSA) is 92.8 Å². The third-order valence-electron chi connectivity index (χ3n) is 4.11. The average Bonchev–Trinajstić information content (AvgIpc) is 3.01. The Hall–Kier alpha value is -3.38. The monoisotopic (exact) mass is 402 g/mol. The maximum atomic E-state index is 12.8. The lowest BCUT2D eigenvalue weighted by Gasteiger charge is -2.17. The summed E-state index contributed by atoms with van der Waals surface area (Å²) in [6, 6.07) is 11.7. The van der Waals surface area contributed by atoms with Crippen LogP contribution in [-0.4, -0.2) is 32.8 Å². The van der Waals surface area contributed by atoms with Crippen LogP contribution in [0, 0.1) is 12.3 Å². The summed E-state index contributed by atoms with van der Waals surface area (Å²) in [6.45, 7) is 0.437. The van der Waals surface area contributed by atoms with Crippen molar-refractivity contribution in [1.82, 2.24) is 5.32 Å². The van der Waals surface area contributed by atoms with E-state index in [1.807, 2.05) is 6.07 Å². The van der Waals surface area contributed by atoms with Crippen molar-refractivity contribution >= 4 is 28.0 Å². The molecule has 1 heterocycles. The first kappa shape index (κ1) is 19.4. The molecule has 0 aromatic heterocycles. The Balaban J connectivity index is 1.77. The average molecular weight is 402 g/mol. The highest BCUT2D eigenvalue weighted by atomic mass is 32.3. The van der Waals surface area contributed by atoms with Crippen molar-refractivity contribution in [2.75, 3.05) is 11.4 Å². The molecule has 28 heavy (non-hydrogen) atoms. The van der Waals surface area contributed by atoms with Crippen LogP contribution in [0.5, 0.6) is 5.75 Å². The number of rotatable bonds is 5. The minimum atomic E-state index is -5.27. The molecule has 9 heteroatoms. The molecule has 1 fully saturated rings. The largest absolute Gasteiger partial charge is 0.488 e. The van der Waals surface area contributed by atoms with Crippen LogP contribution in [0.25, 0.3) is 0 Å². The van der Waals surface area contributed by atoms with Crippen molar-refractivity contribution in [1.29, 1.82) is 0 Å². The van der Waals surface area contributed by atoms with E-state index in [1.165, 1.54) is 6.07 Å². The van der Waals surface area contributed by atoms with E-state index in [1.54, 1.807) is 29.2 Å². The van der Waals surface area contributed by atoms with E-state index >= 15 is 0 Å². The quantitative estimate of drug-likeness (QED) is 0.608. The number of carbonyl (C=O) groups excluding carboxylic acids is 2. The van der Waals surface area contributed by atoms with Gasteiger partial charge in [-0.2, -0.15) is 8.42 Å². The summed E-state index contributed by atoms with van der Waals surface area (Å²) in [5.74, 6) is 0.860. The van der Waals surface area contributed by atoms with Crippen molar-refractivity contribution in [3.05, 3.63) is 59.7 Å². The van der Waals surface area contributed by atoms with Gasteiger partial charge in [-0.05, 0) is 36.8 Å². The standard InChI is InChI=1S/C19H15FN2O5S/c1-2-13-10-14(12-16(11-13)27-28(20,25)26)18(23)21-17-8-9-22(19(17)24)15-6-4-3-5-7-15/h1,3-7,10-12,17H,8-9H2,(H,21,23). The molecule has 144 valence electrons. The van der Waals surface area contributed by atoms with Crippen LogP contribution in [0.1, 0.15) is 22.3 Å². The van der Waals surface area contributed by atoms with Crippen LogP contribution in [0.15, 0.2) is 48.5 Å². The first-order chi connectivity index (χ1) is 13.3. The van der Waals surface area contributed by atoms with E-state index in [0.717, 1.165) is 17.8 Å². The van der Waals surface area contributed by atoms with Crippen molar-refractivity contribution in [2.45, 2.75) is 12.5 Å². The number of amides is 2. The molecule has 1 saturated heterocycles. The highest BCUT2D eigenvalue weighted by Crippen LogP contribution is 2.23. The van der Waals surface area contributed by atoms with Gasteiger partial charge in [0.25, 0.3) is 5.91 Å².